The van der Waals surface area contributed by atoms with Gasteiger partial charge in [0, 0.05) is 18.3 Å². The van der Waals surface area contributed by atoms with Gasteiger partial charge in [-0.1, -0.05) is 0 Å². The first-order valence-corrected chi connectivity index (χ1v) is 3.16. The lowest BCUT2D eigenvalue weighted by Crippen LogP contribution is -2.19. The van der Waals surface area contributed by atoms with Crippen LogP contribution in [-0.4, -0.2) is 12.1 Å². The van der Waals surface area contributed by atoms with Crippen LogP contribution < -0.4 is 5.32 Å². The van der Waals surface area contributed by atoms with Crippen LogP contribution in [0.4, 0.5) is 4.39 Å². The highest BCUT2D eigenvalue weighted by molar-refractivity contribution is 5.80. The van der Waals surface area contributed by atoms with E-state index in [1.54, 1.807) is 6.92 Å². The third kappa shape index (κ3) is 6.52. The van der Waals surface area contributed by atoms with Crippen molar-refractivity contribution in [1.29, 1.82) is 5.26 Å². The van der Waals surface area contributed by atoms with Gasteiger partial charge < -0.3 is 5.32 Å². The smallest absolute Gasteiger partial charge is 0.326 e. The van der Waals surface area contributed by atoms with Crippen molar-refractivity contribution in [2.45, 2.75) is 19.4 Å². The molecule has 1 atom stereocenters. The van der Waals surface area contributed by atoms with E-state index in [2.05, 4.69) is 5.32 Å². The molecule has 3 nitrogen and oxygen atoms in total. The molecule has 1 unspecified atom stereocenters. The largest absolute Gasteiger partial charge is 0.387 e. The molecular weight excluding hydrogens is 147 g/mol. The topological polar surface area (TPSA) is 52.9 Å². The molecule has 60 valence electrons. The molecule has 0 aliphatic carbocycles. The number of carbonyl (C=O) groups is 1. The van der Waals surface area contributed by atoms with Crippen molar-refractivity contribution in [3.63, 3.8) is 0 Å². The lowest BCUT2D eigenvalue weighted by atomic mass is 10.3. The predicted molar refractivity (Wildman–Crippen MR) is 38.1 cm³/mol. The molecular formula is C7H9FN2O. The Morgan fingerprint density at radius 3 is 3.00 bits per heavy atom. The quantitative estimate of drug-likeness (QED) is 0.485. The Balaban J connectivity index is 3.54. The molecule has 0 bridgehead atoms. The SMILES string of the molecule is CC(CC#N)NC=CC(=O)F. The minimum atomic E-state index is -1.50. The zero-order valence-corrected chi connectivity index (χ0v) is 6.17. The first-order chi connectivity index (χ1) is 5.16. The molecule has 0 aliphatic rings. The summed E-state index contributed by atoms with van der Waals surface area (Å²) in [7, 11) is 0. The molecule has 1 N–H and O–H groups in total. The van der Waals surface area contributed by atoms with Gasteiger partial charge in [-0.15, -0.1) is 0 Å². The molecule has 11 heavy (non-hydrogen) atoms. The van der Waals surface area contributed by atoms with Crippen LogP contribution in [0.2, 0.25) is 0 Å². The fraction of sp³-hybridized carbons (Fsp3) is 0.429. The summed E-state index contributed by atoms with van der Waals surface area (Å²) in [6.45, 7) is 1.76. The van der Waals surface area contributed by atoms with Gasteiger partial charge >= 0.3 is 6.04 Å². The van der Waals surface area contributed by atoms with E-state index in [-0.39, 0.29) is 6.04 Å². The molecule has 0 aromatic rings. The predicted octanol–water partition coefficient (Wildman–Crippen LogP) is 0.888. The maximum absolute atomic E-state index is 11.5. The van der Waals surface area contributed by atoms with Gasteiger partial charge in [0.15, 0.2) is 0 Å². The van der Waals surface area contributed by atoms with E-state index in [0.29, 0.717) is 6.42 Å². The lowest BCUT2D eigenvalue weighted by Gasteiger charge is -2.04. The van der Waals surface area contributed by atoms with Gasteiger partial charge in [0.2, 0.25) is 0 Å². The van der Waals surface area contributed by atoms with Crippen molar-refractivity contribution in [2.75, 3.05) is 0 Å². The van der Waals surface area contributed by atoms with Crippen molar-refractivity contribution in [3.8, 4) is 6.07 Å². The minimum Gasteiger partial charge on any atom is -0.387 e. The van der Waals surface area contributed by atoms with Crippen LogP contribution >= 0.6 is 0 Å². The third-order valence-corrected chi connectivity index (χ3v) is 0.993. The Labute approximate surface area is 64.5 Å². The highest BCUT2D eigenvalue weighted by Gasteiger charge is 1.95. The van der Waals surface area contributed by atoms with Crippen LogP contribution in [0.15, 0.2) is 12.3 Å². The summed E-state index contributed by atoms with van der Waals surface area (Å²) in [5.74, 6) is 0. The summed E-state index contributed by atoms with van der Waals surface area (Å²) in [6.07, 6.45) is 2.29. The summed E-state index contributed by atoms with van der Waals surface area (Å²) in [4.78, 5) is 9.72. The average Bonchev–Trinajstić information content (AvgIpc) is 1.87. The third-order valence-electron chi connectivity index (χ3n) is 0.993. The Bertz CT molecular complexity index is 195. The molecule has 4 heteroatoms. The van der Waals surface area contributed by atoms with E-state index in [1.165, 1.54) is 6.20 Å². The van der Waals surface area contributed by atoms with Crippen LogP contribution in [0.3, 0.4) is 0 Å². The lowest BCUT2D eigenvalue weighted by molar-refractivity contribution is -0.124. The van der Waals surface area contributed by atoms with Crippen LogP contribution in [0.1, 0.15) is 13.3 Å². The van der Waals surface area contributed by atoms with E-state index in [0.717, 1.165) is 6.08 Å². The van der Waals surface area contributed by atoms with Crippen molar-refractivity contribution in [3.05, 3.63) is 12.3 Å². The Hall–Kier alpha value is -1.37. The van der Waals surface area contributed by atoms with E-state index in [9.17, 15) is 9.18 Å². The van der Waals surface area contributed by atoms with Crippen LogP contribution in [-0.2, 0) is 4.79 Å². The number of hydrogen-bond acceptors (Lipinski definition) is 3. The van der Waals surface area contributed by atoms with Crippen LogP contribution in [0, 0.1) is 11.3 Å². The molecule has 0 heterocycles. The molecule has 0 aromatic heterocycles. The minimum absolute atomic E-state index is 0.0596. The standard InChI is InChI=1S/C7H9FN2O/c1-6(2-4-9)10-5-3-7(8)11/h3,5-6,10H,2H2,1H3. The van der Waals surface area contributed by atoms with Crippen molar-refractivity contribution < 1.29 is 9.18 Å². The summed E-state index contributed by atoms with van der Waals surface area (Å²) in [5.41, 5.74) is 0. The first-order valence-electron chi connectivity index (χ1n) is 3.16. The molecule has 0 fully saturated rings. The summed E-state index contributed by atoms with van der Waals surface area (Å²) >= 11 is 0. The van der Waals surface area contributed by atoms with E-state index < -0.39 is 6.04 Å². The zero-order chi connectivity index (χ0) is 8.69. The number of allylic oxidation sites excluding steroid dienone is 1. The Morgan fingerprint density at radius 1 is 1.91 bits per heavy atom. The maximum Gasteiger partial charge on any atom is 0.326 e. The molecule has 0 aliphatic heterocycles. The van der Waals surface area contributed by atoms with Gasteiger partial charge in [0.1, 0.15) is 0 Å². The molecule has 0 saturated carbocycles. The molecule has 0 amide bonds. The summed E-state index contributed by atoms with van der Waals surface area (Å²) in [6, 6.07) is 0.372. The fourth-order valence-corrected chi connectivity index (χ4v) is 0.474. The number of nitrogens with one attached hydrogen (secondary N) is 1. The Morgan fingerprint density at radius 2 is 2.55 bits per heavy atom. The monoisotopic (exact) mass is 156 g/mol. The average molecular weight is 156 g/mol. The molecule has 0 saturated heterocycles. The van der Waals surface area contributed by atoms with Gasteiger partial charge in [-0.2, -0.15) is 9.65 Å². The summed E-state index contributed by atoms with van der Waals surface area (Å²) in [5, 5.41) is 10.8. The number of hydrogen-bond donors (Lipinski definition) is 1. The van der Waals surface area contributed by atoms with Crippen LogP contribution in [0.25, 0.3) is 0 Å². The van der Waals surface area contributed by atoms with Crippen molar-refractivity contribution in [1.82, 2.24) is 5.32 Å². The molecule has 0 aromatic carbocycles. The molecule has 0 rings (SSSR count). The maximum atomic E-state index is 11.5. The first kappa shape index (κ1) is 9.63. The number of rotatable bonds is 4. The van der Waals surface area contributed by atoms with Gasteiger partial charge in [-0.05, 0) is 6.92 Å². The van der Waals surface area contributed by atoms with Crippen molar-refractivity contribution >= 4 is 6.04 Å². The second kappa shape index (κ2) is 5.42. The Kier molecular flexibility index (Phi) is 4.74. The molecule has 0 radical (unpaired) electrons. The second-order valence-electron chi connectivity index (χ2n) is 2.07. The number of nitrogens with zero attached hydrogens (tertiary/aromatic N) is 1. The van der Waals surface area contributed by atoms with Crippen LogP contribution in [0.5, 0.6) is 0 Å². The normalized spacial score (nSPS) is 12.5. The van der Waals surface area contributed by atoms with E-state index >= 15 is 0 Å². The van der Waals surface area contributed by atoms with E-state index in [4.69, 9.17) is 5.26 Å². The second-order valence-corrected chi connectivity index (χ2v) is 2.07. The zero-order valence-electron chi connectivity index (χ0n) is 6.17. The van der Waals surface area contributed by atoms with E-state index in [1.807, 2.05) is 6.07 Å². The highest BCUT2D eigenvalue weighted by Crippen LogP contribution is 1.87. The molecule has 0 spiro atoms. The number of carbonyl (C=O) groups excluding carboxylic acids is 1. The number of nitriles is 1. The van der Waals surface area contributed by atoms with Gasteiger partial charge in [0.25, 0.3) is 0 Å². The van der Waals surface area contributed by atoms with Gasteiger partial charge in [0.05, 0.1) is 12.5 Å². The number of halogens is 1. The summed E-state index contributed by atoms with van der Waals surface area (Å²) < 4.78 is 11.5. The van der Waals surface area contributed by atoms with Gasteiger partial charge in [-0.3, -0.25) is 4.79 Å². The van der Waals surface area contributed by atoms with Gasteiger partial charge in [-0.25, -0.2) is 0 Å². The highest BCUT2D eigenvalue weighted by atomic mass is 19.1. The fourth-order valence-electron chi connectivity index (χ4n) is 0.474. The van der Waals surface area contributed by atoms with Crippen molar-refractivity contribution in [2.24, 2.45) is 0 Å².